The highest BCUT2D eigenvalue weighted by molar-refractivity contribution is 6.00. The van der Waals surface area contributed by atoms with Crippen molar-refractivity contribution in [1.29, 1.82) is 0 Å². The lowest BCUT2D eigenvalue weighted by atomic mass is 9.98. The van der Waals surface area contributed by atoms with E-state index in [1.165, 1.54) is 0 Å². The third-order valence-corrected chi connectivity index (χ3v) is 7.14. The molecule has 2 fully saturated rings. The van der Waals surface area contributed by atoms with E-state index in [1.807, 2.05) is 38.6 Å². The number of aromatic nitrogens is 5. The maximum Gasteiger partial charge on any atom is 0.264 e. The van der Waals surface area contributed by atoms with E-state index in [4.69, 9.17) is 15.5 Å². The van der Waals surface area contributed by atoms with E-state index in [9.17, 15) is 4.79 Å². The van der Waals surface area contributed by atoms with Gasteiger partial charge in [0.1, 0.15) is 11.4 Å². The Morgan fingerprint density at radius 3 is 2.62 bits per heavy atom. The number of benzene rings is 1. The molecule has 3 atom stereocenters. The van der Waals surface area contributed by atoms with Gasteiger partial charge in [0.25, 0.3) is 5.56 Å². The molecule has 1 aromatic carbocycles. The summed E-state index contributed by atoms with van der Waals surface area (Å²) in [6.45, 7) is 0. The van der Waals surface area contributed by atoms with Crippen LogP contribution in [0.3, 0.4) is 0 Å². The molecule has 5 heterocycles. The number of ether oxygens (including phenoxy) is 1. The van der Waals surface area contributed by atoms with E-state index >= 15 is 0 Å². The number of H-pyrrole nitrogens is 1. The Hall–Kier alpha value is -3.33. The van der Waals surface area contributed by atoms with Gasteiger partial charge in [0.15, 0.2) is 0 Å². The summed E-state index contributed by atoms with van der Waals surface area (Å²) < 4.78 is 9.22. The number of piperidine rings is 1. The van der Waals surface area contributed by atoms with Crippen molar-refractivity contribution < 1.29 is 4.74 Å². The van der Waals surface area contributed by atoms with Gasteiger partial charge in [-0.15, -0.1) is 0 Å². The molecule has 2 saturated heterocycles. The van der Waals surface area contributed by atoms with Crippen LogP contribution in [-0.4, -0.2) is 49.6 Å². The zero-order valence-electron chi connectivity index (χ0n) is 18.5. The van der Waals surface area contributed by atoms with Crippen molar-refractivity contribution in [3.05, 3.63) is 34.9 Å². The van der Waals surface area contributed by atoms with Crippen LogP contribution >= 0.6 is 0 Å². The summed E-state index contributed by atoms with van der Waals surface area (Å²) in [4.78, 5) is 24.1. The van der Waals surface area contributed by atoms with E-state index < -0.39 is 0 Å². The maximum absolute atomic E-state index is 13.6. The number of nitrogens with one attached hydrogen (secondary N) is 1. The van der Waals surface area contributed by atoms with Crippen molar-refractivity contribution in [2.75, 3.05) is 12.0 Å². The highest BCUT2D eigenvalue weighted by atomic mass is 16.5. The molecule has 9 nitrogen and oxygen atoms in total. The van der Waals surface area contributed by atoms with Crippen LogP contribution in [-0.2, 0) is 14.1 Å². The first kappa shape index (κ1) is 19.4. The molecule has 6 rings (SSSR count). The molecular weight excluding hydrogens is 406 g/mol. The van der Waals surface area contributed by atoms with E-state index in [1.54, 1.807) is 16.4 Å². The number of nitrogens with zero attached hydrogens (tertiary/aromatic N) is 5. The molecule has 1 unspecified atom stereocenters. The Bertz CT molecular complexity index is 1400. The average Bonchev–Trinajstić information content (AvgIpc) is 3.43. The van der Waals surface area contributed by atoms with Crippen LogP contribution in [0.15, 0.2) is 29.3 Å². The van der Waals surface area contributed by atoms with Gasteiger partial charge < -0.3 is 20.4 Å². The molecule has 0 amide bonds. The monoisotopic (exact) mass is 433 g/mol. The lowest BCUT2D eigenvalue weighted by molar-refractivity contribution is 0.405. The minimum atomic E-state index is -0.0659. The summed E-state index contributed by atoms with van der Waals surface area (Å²) in [6, 6.07) is 4.84. The lowest BCUT2D eigenvalue weighted by Gasteiger charge is -2.38. The van der Waals surface area contributed by atoms with Crippen LogP contribution in [0, 0.1) is 0 Å². The largest absolute Gasteiger partial charge is 0.495 e. The zero-order chi connectivity index (χ0) is 22.1. The van der Waals surface area contributed by atoms with Crippen molar-refractivity contribution in [3.63, 3.8) is 0 Å². The Kier molecular flexibility index (Phi) is 4.13. The smallest absolute Gasteiger partial charge is 0.264 e. The first-order chi connectivity index (χ1) is 15.5. The molecule has 166 valence electrons. The fraction of sp³-hybridized carbons (Fsp3) is 0.435. The number of aryl methyl sites for hydroxylation is 1. The number of methoxy groups -OCH3 is 1. The third kappa shape index (κ3) is 2.63. The predicted octanol–water partition coefficient (Wildman–Crippen LogP) is 2.28. The standard InChI is InChI=1S/C23H27N7O2/c1-28-11-17-18(27-28)7-6-15(20(17)32-3)16-10-25-21-19(16)22(31)29(2)23(26-21)30-13-4-5-14(30)9-12(24)8-13/h6-7,10-14,25H,4-5,8-9,24H2,1-3H3/t12?,13-,14+. The minimum Gasteiger partial charge on any atom is -0.495 e. The van der Waals surface area contributed by atoms with Crippen LogP contribution in [0.25, 0.3) is 33.1 Å². The second-order valence-corrected chi connectivity index (χ2v) is 9.11. The van der Waals surface area contributed by atoms with Crippen molar-refractivity contribution in [2.45, 2.75) is 43.8 Å². The van der Waals surface area contributed by atoms with Crippen molar-refractivity contribution in [3.8, 4) is 16.9 Å². The van der Waals surface area contributed by atoms with Gasteiger partial charge in [0.05, 0.1) is 23.4 Å². The molecule has 3 N–H and O–H groups in total. The highest BCUT2D eigenvalue weighted by Gasteiger charge is 2.41. The molecular formula is C23H27N7O2. The number of anilines is 1. The number of fused-ring (bicyclic) bond motifs is 4. The molecule has 0 aliphatic carbocycles. The van der Waals surface area contributed by atoms with Crippen LogP contribution < -0.4 is 20.9 Å². The van der Waals surface area contributed by atoms with Gasteiger partial charge in [-0.2, -0.15) is 10.1 Å². The lowest BCUT2D eigenvalue weighted by Crippen LogP contribution is -2.49. The third-order valence-electron chi connectivity index (χ3n) is 7.14. The second-order valence-electron chi connectivity index (χ2n) is 9.11. The predicted molar refractivity (Wildman–Crippen MR) is 124 cm³/mol. The number of hydrogen-bond donors (Lipinski definition) is 2. The van der Waals surface area contributed by atoms with E-state index in [0.29, 0.717) is 28.9 Å². The number of aromatic amines is 1. The van der Waals surface area contributed by atoms with Crippen molar-refractivity contribution in [1.82, 2.24) is 24.3 Å². The molecule has 2 aliphatic rings. The minimum absolute atomic E-state index is 0.0659. The number of rotatable bonds is 3. The molecule has 2 aliphatic heterocycles. The summed E-state index contributed by atoms with van der Waals surface area (Å²) in [7, 11) is 5.34. The molecule has 3 aromatic heterocycles. The van der Waals surface area contributed by atoms with Crippen LogP contribution in [0.5, 0.6) is 5.75 Å². The van der Waals surface area contributed by atoms with Gasteiger partial charge in [0.2, 0.25) is 5.95 Å². The maximum atomic E-state index is 13.6. The van der Waals surface area contributed by atoms with Gasteiger partial charge in [-0.3, -0.25) is 14.0 Å². The Labute approximate surface area is 184 Å². The van der Waals surface area contributed by atoms with Gasteiger partial charge in [0, 0.05) is 55.7 Å². The summed E-state index contributed by atoms with van der Waals surface area (Å²) in [5.74, 6) is 1.43. The van der Waals surface area contributed by atoms with Crippen LogP contribution in [0.2, 0.25) is 0 Å². The SMILES string of the molecule is COc1c(-c2c[nH]c3nc(N4[C@@H]5CC[C@H]4CC(N)C5)n(C)c(=O)c23)ccc2nn(C)cc12. The Morgan fingerprint density at radius 1 is 1.16 bits per heavy atom. The van der Waals surface area contributed by atoms with Gasteiger partial charge >= 0.3 is 0 Å². The molecule has 0 radical (unpaired) electrons. The highest BCUT2D eigenvalue weighted by Crippen LogP contribution is 2.40. The molecule has 32 heavy (non-hydrogen) atoms. The molecule has 0 saturated carbocycles. The van der Waals surface area contributed by atoms with Crippen molar-refractivity contribution in [2.24, 2.45) is 19.8 Å². The first-order valence-corrected chi connectivity index (χ1v) is 11.1. The van der Waals surface area contributed by atoms with E-state index in [2.05, 4.69) is 15.0 Å². The first-order valence-electron chi connectivity index (χ1n) is 11.1. The van der Waals surface area contributed by atoms with Gasteiger partial charge in [-0.05, 0) is 37.8 Å². The van der Waals surface area contributed by atoms with Crippen LogP contribution in [0.1, 0.15) is 25.7 Å². The van der Waals surface area contributed by atoms with Gasteiger partial charge in [-0.25, -0.2) is 0 Å². The molecule has 2 bridgehead atoms. The molecule has 9 heteroatoms. The summed E-state index contributed by atoms with van der Waals surface area (Å²) in [6.07, 6.45) is 7.88. The van der Waals surface area contributed by atoms with Crippen LogP contribution in [0.4, 0.5) is 5.95 Å². The second kappa shape index (κ2) is 6.83. The van der Waals surface area contributed by atoms with E-state index in [0.717, 1.165) is 53.7 Å². The van der Waals surface area contributed by atoms with E-state index in [-0.39, 0.29) is 11.6 Å². The number of hydrogen-bond acceptors (Lipinski definition) is 6. The summed E-state index contributed by atoms with van der Waals surface area (Å²) >= 11 is 0. The quantitative estimate of drug-likeness (QED) is 0.513. The van der Waals surface area contributed by atoms with Crippen molar-refractivity contribution >= 4 is 27.9 Å². The Morgan fingerprint density at radius 2 is 1.91 bits per heavy atom. The topological polar surface area (TPSA) is 107 Å². The molecule has 0 spiro atoms. The normalized spacial score (nSPS) is 22.9. The van der Waals surface area contributed by atoms with Gasteiger partial charge in [-0.1, -0.05) is 0 Å². The average molecular weight is 434 g/mol. The fourth-order valence-corrected chi connectivity index (χ4v) is 5.76. The summed E-state index contributed by atoms with van der Waals surface area (Å²) in [5.41, 5.74) is 9.26. The Balaban J connectivity index is 1.53. The zero-order valence-corrected chi connectivity index (χ0v) is 18.5. The molecule has 4 aromatic rings. The summed E-state index contributed by atoms with van der Waals surface area (Å²) in [5, 5.41) is 5.94. The number of nitrogens with two attached hydrogens (primary N) is 1. The fourth-order valence-electron chi connectivity index (χ4n) is 5.76.